The molecule has 0 saturated carbocycles. The molecule has 1 aliphatic rings. The van der Waals surface area contributed by atoms with Crippen LogP contribution in [0.5, 0.6) is 11.5 Å². The molecular weight excluding hydrogens is 436 g/mol. The minimum atomic E-state index is -0.143. The van der Waals surface area contributed by atoms with Gasteiger partial charge in [-0.3, -0.25) is 0 Å². The van der Waals surface area contributed by atoms with E-state index >= 15 is 0 Å². The van der Waals surface area contributed by atoms with Crippen LogP contribution in [-0.2, 0) is 6.61 Å². The molecule has 2 aromatic carbocycles. The van der Waals surface area contributed by atoms with Gasteiger partial charge in [-0.15, -0.1) is 0 Å². The van der Waals surface area contributed by atoms with Gasteiger partial charge in [0.15, 0.2) is 34.6 Å². The van der Waals surface area contributed by atoms with Crippen LogP contribution in [0, 0.1) is 0 Å². The van der Waals surface area contributed by atoms with Crippen LogP contribution in [0.2, 0.25) is 5.02 Å². The molecule has 8 heteroatoms. The maximum atomic E-state index is 11.2. The number of thiocarbonyl (C=S) groups is 1. The number of fused-ring (bicyclic) bond motifs is 1. The summed E-state index contributed by atoms with van der Waals surface area (Å²) < 4.78 is 12.9. The number of hydrogen-bond donors (Lipinski definition) is 3. The summed E-state index contributed by atoms with van der Waals surface area (Å²) in [6, 6.07) is 15.8. The molecule has 1 aliphatic heterocycles. The lowest BCUT2D eigenvalue weighted by Gasteiger charge is -2.19. The molecule has 0 saturated heterocycles. The first-order valence-corrected chi connectivity index (χ1v) is 10.4. The number of anilines is 1. The second kappa shape index (κ2) is 9.34. The summed E-state index contributed by atoms with van der Waals surface area (Å²) >= 11 is 11.6. The largest absolute Gasteiger partial charge is 0.502 e. The SMILES string of the molecule is OCc1ccc[n+](/C(C(=S)Nc2ccc(Cl)cc2)=C(/O)c2ccc3c(c2)OCCO3)c1. The molecule has 158 valence electrons. The van der Waals surface area contributed by atoms with Gasteiger partial charge < -0.3 is 25.0 Å². The summed E-state index contributed by atoms with van der Waals surface area (Å²) in [5.41, 5.74) is 2.25. The van der Waals surface area contributed by atoms with Gasteiger partial charge in [0, 0.05) is 27.9 Å². The Balaban J connectivity index is 1.78. The summed E-state index contributed by atoms with van der Waals surface area (Å²) in [5, 5.41) is 24.5. The smallest absolute Gasteiger partial charge is 0.288 e. The summed E-state index contributed by atoms with van der Waals surface area (Å²) in [6.45, 7) is 0.784. The Morgan fingerprint density at radius 2 is 1.81 bits per heavy atom. The van der Waals surface area contributed by atoms with Crippen LogP contribution in [0.4, 0.5) is 5.69 Å². The van der Waals surface area contributed by atoms with Crippen molar-refractivity contribution in [2.24, 2.45) is 0 Å². The lowest BCUT2D eigenvalue weighted by Crippen LogP contribution is -2.39. The van der Waals surface area contributed by atoms with Crippen molar-refractivity contribution < 1.29 is 24.3 Å². The second-order valence-electron chi connectivity index (χ2n) is 6.79. The third-order valence-corrected chi connectivity index (χ3v) is 5.21. The van der Waals surface area contributed by atoms with Crippen LogP contribution in [0.15, 0.2) is 67.0 Å². The number of aromatic nitrogens is 1. The first-order chi connectivity index (χ1) is 15.0. The van der Waals surface area contributed by atoms with Crippen LogP contribution in [0.1, 0.15) is 11.1 Å². The molecule has 0 amide bonds. The number of nitrogens with one attached hydrogen (secondary N) is 1. The summed E-state index contributed by atoms with van der Waals surface area (Å²) in [6.07, 6.45) is 3.46. The van der Waals surface area contributed by atoms with E-state index in [4.69, 9.17) is 33.3 Å². The summed E-state index contributed by atoms with van der Waals surface area (Å²) in [5.74, 6) is 1.13. The van der Waals surface area contributed by atoms with E-state index in [0.717, 1.165) is 5.69 Å². The van der Waals surface area contributed by atoms with Gasteiger partial charge in [0.2, 0.25) is 0 Å². The molecule has 6 nitrogen and oxygen atoms in total. The predicted octanol–water partition coefficient (Wildman–Crippen LogP) is 4.21. The fourth-order valence-electron chi connectivity index (χ4n) is 3.15. The van der Waals surface area contributed by atoms with Crippen molar-refractivity contribution in [1.29, 1.82) is 0 Å². The Bertz CT molecular complexity index is 1150. The minimum absolute atomic E-state index is 0.0523. The number of aliphatic hydroxyl groups is 2. The van der Waals surface area contributed by atoms with Gasteiger partial charge >= 0.3 is 0 Å². The van der Waals surface area contributed by atoms with E-state index in [1.54, 1.807) is 71.6 Å². The Hall–Kier alpha value is -3.13. The molecule has 4 rings (SSSR count). The topological polar surface area (TPSA) is 74.8 Å². The second-order valence-corrected chi connectivity index (χ2v) is 7.64. The van der Waals surface area contributed by atoms with Crippen LogP contribution in [0.25, 0.3) is 11.5 Å². The van der Waals surface area contributed by atoms with E-state index in [1.165, 1.54) is 0 Å². The predicted molar refractivity (Wildman–Crippen MR) is 123 cm³/mol. The van der Waals surface area contributed by atoms with Gasteiger partial charge in [0.25, 0.3) is 5.70 Å². The number of pyridine rings is 1. The van der Waals surface area contributed by atoms with Crippen LogP contribution in [0.3, 0.4) is 0 Å². The van der Waals surface area contributed by atoms with Gasteiger partial charge in [0.05, 0.1) is 6.61 Å². The number of halogens is 1. The average Bonchev–Trinajstić information content (AvgIpc) is 2.80. The zero-order chi connectivity index (χ0) is 21.8. The fraction of sp³-hybridized carbons (Fsp3) is 0.130. The van der Waals surface area contributed by atoms with E-state index in [9.17, 15) is 10.2 Å². The van der Waals surface area contributed by atoms with Gasteiger partial charge in [-0.2, -0.15) is 4.57 Å². The first-order valence-electron chi connectivity index (χ1n) is 9.57. The molecule has 0 unspecified atom stereocenters. The summed E-state index contributed by atoms with van der Waals surface area (Å²) in [7, 11) is 0. The molecule has 0 radical (unpaired) electrons. The van der Waals surface area contributed by atoms with Gasteiger partial charge in [0.1, 0.15) is 13.2 Å². The molecule has 2 heterocycles. The van der Waals surface area contributed by atoms with E-state index < -0.39 is 0 Å². The number of ether oxygens (including phenoxy) is 2. The number of hydrogen-bond acceptors (Lipinski definition) is 5. The van der Waals surface area contributed by atoms with Crippen molar-refractivity contribution >= 4 is 46.0 Å². The van der Waals surface area contributed by atoms with Crippen LogP contribution >= 0.6 is 23.8 Å². The lowest BCUT2D eigenvalue weighted by atomic mass is 10.1. The van der Waals surface area contributed by atoms with E-state index in [1.807, 2.05) is 0 Å². The molecule has 1 aromatic heterocycles. The van der Waals surface area contributed by atoms with E-state index in [-0.39, 0.29) is 17.4 Å². The van der Waals surface area contributed by atoms with Crippen molar-refractivity contribution in [3.63, 3.8) is 0 Å². The average molecular weight is 456 g/mol. The molecule has 0 fully saturated rings. The zero-order valence-electron chi connectivity index (χ0n) is 16.4. The molecule has 0 bridgehead atoms. The minimum Gasteiger partial charge on any atom is -0.502 e. The van der Waals surface area contributed by atoms with Crippen molar-refractivity contribution in [2.45, 2.75) is 6.61 Å². The van der Waals surface area contributed by atoms with Crippen molar-refractivity contribution in [2.75, 3.05) is 18.5 Å². The number of rotatable bonds is 5. The van der Waals surface area contributed by atoms with Gasteiger partial charge in [-0.25, -0.2) is 0 Å². The van der Waals surface area contributed by atoms with Gasteiger partial charge in [-0.05, 0) is 48.5 Å². The highest BCUT2D eigenvalue weighted by Crippen LogP contribution is 2.33. The van der Waals surface area contributed by atoms with Crippen molar-refractivity contribution in [3.05, 3.63) is 83.1 Å². The number of benzene rings is 2. The Morgan fingerprint density at radius 1 is 1.06 bits per heavy atom. The highest BCUT2D eigenvalue weighted by molar-refractivity contribution is 7.81. The Kier molecular flexibility index (Phi) is 6.36. The number of aliphatic hydroxyl groups excluding tert-OH is 2. The van der Waals surface area contributed by atoms with Crippen molar-refractivity contribution in [1.82, 2.24) is 0 Å². The first kappa shape index (κ1) is 21.1. The van der Waals surface area contributed by atoms with Crippen LogP contribution < -0.4 is 19.4 Å². The highest BCUT2D eigenvalue weighted by Gasteiger charge is 2.25. The van der Waals surface area contributed by atoms with Crippen LogP contribution in [-0.4, -0.2) is 28.4 Å². The molecule has 3 aromatic rings. The molecule has 0 spiro atoms. The molecule has 0 aliphatic carbocycles. The monoisotopic (exact) mass is 455 g/mol. The quantitative estimate of drug-likeness (QED) is 0.231. The lowest BCUT2D eigenvalue weighted by molar-refractivity contribution is -0.576. The third kappa shape index (κ3) is 4.80. The standard InChI is InChI=1S/C23H19ClN2O4S/c24-17-4-6-18(7-5-17)25-23(31)21(26-9-1-2-15(13-26)14-27)22(28)16-3-8-19-20(12-16)30-11-10-29-19/h1-9,12-13,27H,10-11,14H2,(H-,25,28,31)/p+1. The normalized spacial score (nSPS) is 13.4. The fourth-order valence-corrected chi connectivity index (χ4v) is 3.60. The highest BCUT2D eigenvalue weighted by atomic mass is 35.5. The Labute approximate surface area is 189 Å². The summed E-state index contributed by atoms with van der Waals surface area (Å²) in [4.78, 5) is 0.287. The van der Waals surface area contributed by atoms with Crippen molar-refractivity contribution in [3.8, 4) is 11.5 Å². The van der Waals surface area contributed by atoms with E-state index in [0.29, 0.717) is 46.6 Å². The molecule has 31 heavy (non-hydrogen) atoms. The van der Waals surface area contributed by atoms with Gasteiger partial charge in [-0.1, -0.05) is 23.8 Å². The molecule has 3 N–H and O–H groups in total. The molecule has 0 atom stereocenters. The Morgan fingerprint density at radius 3 is 2.55 bits per heavy atom. The zero-order valence-corrected chi connectivity index (χ0v) is 18.0. The maximum Gasteiger partial charge on any atom is 0.288 e. The van der Waals surface area contributed by atoms with E-state index in [2.05, 4.69) is 5.32 Å². The third-order valence-electron chi connectivity index (χ3n) is 4.66. The maximum absolute atomic E-state index is 11.2. The number of nitrogens with zero attached hydrogens (tertiary/aromatic N) is 1. The molecular formula is C23H20ClN2O4S+.